The summed E-state index contributed by atoms with van der Waals surface area (Å²) in [6.07, 6.45) is -13.0. The van der Waals surface area contributed by atoms with E-state index in [4.69, 9.17) is 9.57 Å². The zero-order valence-electron chi connectivity index (χ0n) is 19.5. The second-order valence-electron chi connectivity index (χ2n) is 8.22. The molecule has 2 amide bonds. The largest absolute Gasteiger partial charge is 0.394 e. The Balaban J connectivity index is 2.37. The van der Waals surface area contributed by atoms with Gasteiger partial charge in [0.05, 0.1) is 12.7 Å². The SMILES string of the molecule is CCC(=O)N(Cc1ccccc1)[C@@]1(O)[C@@H](ONC(=O)[C@@H](O)[C@@H](O)[C@H](O)CC)O[C@H](CO)[C@@H](O)[C@@H]1O. The monoisotopic (exact) mass is 502 g/mol. The number of carbonyl (C=O) groups is 2. The quantitative estimate of drug-likeness (QED) is 0.114. The van der Waals surface area contributed by atoms with E-state index in [2.05, 4.69) is 0 Å². The van der Waals surface area contributed by atoms with Crippen LogP contribution in [0.1, 0.15) is 32.3 Å². The number of carbonyl (C=O) groups excluding carboxylic acids is 2. The summed E-state index contributed by atoms with van der Waals surface area (Å²) in [5, 5.41) is 71.8. The number of benzene rings is 1. The Morgan fingerprint density at radius 3 is 2.34 bits per heavy atom. The molecule has 35 heavy (non-hydrogen) atoms. The Bertz CT molecular complexity index is 829. The number of aliphatic hydroxyl groups is 7. The molecule has 0 spiro atoms. The van der Waals surface area contributed by atoms with Crippen LogP contribution in [0.2, 0.25) is 0 Å². The molecule has 2 rings (SSSR count). The van der Waals surface area contributed by atoms with Gasteiger partial charge in [-0.15, -0.1) is 0 Å². The van der Waals surface area contributed by atoms with Crippen molar-refractivity contribution in [1.82, 2.24) is 10.4 Å². The molecule has 1 fully saturated rings. The van der Waals surface area contributed by atoms with Crippen molar-refractivity contribution in [2.24, 2.45) is 0 Å². The van der Waals surface area contributed by atoms with Gasteiger partial charge in [-0.1, -0.05) is 44.2 Å². The Hall–Kier alpha value is -2.20. The summed E-state index contributed by atoms with van der Waals surface area (Å²) in [7, 11) is 0. The van der Waals surface area contributed by atoms with Crippen LogP contribution in [0.5, 0.6) is 0 Å². The third-order valence-corrected chi connectivity index (χ3v) is 5.86. The highest BCUT2D eigenvalue weighted by atomic mass is 16.8. The smallest absolute Gasteiger partial charge is 0.275 e. The van der Waals surface area contributed by atoms with E-state index in [1.165, 1.54) is 13.8 Å². The summed E-state index contributed by atoms with van der Waals surface area (Å²) < 4.78 is 5.37. The molecule has 13 nitrogen and oxygen atoms in total. The third kappa shape index (κ3) is 6.33. The first kappa shape index (κ1) is 29.0. The maximum absolute atomic E-state index is 12.8. The van der Waals surface area contributed by atoms with Crippen molar-refractivity contribution in [3.63, 3.8) is 0 Å². The van der Waals surface area contributed by atoms with E-state index in [1.807, 2.05) is 0 Å². The standard InChI is InChI=1S/C22H34N2O11/c1-3-13(26)16(28)18(30)20(32)23-35-21-22(33,19(31)17(29)14(11-25)34-21)24(15(27)4-2)10-12-8-6-5-7-9-12/h5-9,13-14,16-19,21,25-26,28-31,33H,3-4,10-11H2,1-2H3,(H,23,32)/t13-,14-,16+,17-,18+,19+,21-,22+/m1/s1. The normalized spacial score (nSPS) is 29.2. The average Bonchev–Trinajstić information content (AvgIpc) is 2.88. The number of hydroxylamine groups is 1. The van der Waals surface area contributed by atoms with Crippen LogP contribution in [-0.2, 0) is 25.7 Å². The molecule has 0 radical (unpaired) electrons. The van der Waals surface area contributed by atoms with E-state index in [0.29, 0.717) is 5.56 Å². The molecule has 0 aromatic heterocycles. The molecule has 13 heteroatoms. The Morgan fingerprint density at radius 2 is 1.80 bits per heavy atom. The van der Waals surface area contributed by atoms with Crippen LogP contribution in [0.15, 0.2) is 30.3 Å². The highest BCUT2D eigenvalue weighted by molar-refractivity contribution is 5.80. The van der Waals surface area contributed by atoms with E-state index in [1.54, 1.807) is 35.8 Å². The Morgan fingerprint density at radius 1 is 1.17 bits per heavy atom. The average molecular weight is 503 g/mol. The van der Waals surface area contributed by atoms with Crippen molar-refractivity contribution in [2.75, 3.05) is 6.61 Å². The van der Waals surface area contributed by atoms with Gasteiger partial charge in [0, 0.05) is 13.0 Å². The van der Waals surface area contributed by atoms with Crippen LogP contribution in [0.4, 0.5) is 0 Å². The maximum Gasteiger partial charge on any atom is 0.275 e. The number of hydrogen-bond acceptors (Lipinski definition) is 11. The lowest BCUT2D eigenvalue weighted by molar-refractivity contribution is -0.384. The summed E-state index contributed by atoms with van der Waals surface area (Å²) in [4.78, 5) is 31.0. The molecule has 1 aliphatic rings. The molecule has 1 aromatic carbocycles. The molecule has 0 saturated carbocycles. The molecular weight excluding hydrogens is 468 g/mol. The molecular formula is C22H34N2O11. The van der Waals surface area contributed by atoms with Gasteiger partial charge in [-0.2, -0.15) is 0 Å². The predicted octanol–water partition coefficient (Wildman–Crippen LogP) is -2.91. The number of hydrogen-bond donors (Lipinski definition) is 8. The molecule has 0 unspecified atom stereocenters. The van der Waals surface area contributed by atoms with Gasteiger partial charge in [0.1, 0.15) is 24.4 Å². The topological polar surface area (TPSA) is 209 Å². The van der Waals surface area contributed by atoms with Crippen LogP contribution < -0.4 is 5.48 Å². The number of nitrogens with zero attached hydrogens (tertiary/aromatic N) is 1. The molecule has 0 aliphatic carbocycles. The van der Waals surface area contributed by atoms with Crippen LogP contribution in [0.3, 0.4) is 0 Å². The zero-order chi connectivity index (χ0) is 26.3. The van der Waals surface area contributed by atoms with Crippen molar-refractivity contribution in [1.29, 1.82) is 0 Å². The van der Waals surface area contributed by atoms with Gasteiger partial charge < -0.3 is 45.4 Å². The predicted molar refractivity (Wildman–Crippen MR) is 118 cm³/mol. The van der Waals surface area contributed by atoms with Gasteiger partial charge in [-0.05, 0) is 12.0 Å². The minimum atomic E-state index is -2.77. The number of ether oxygens (including phenoxy) is 1. The Kier molecular flexibility index (Phi) is 10.5. The van der Waals surface area contributed by atoms with Gasteiger partial charge in [-0.25, -0.2) is 10.3 Å². The number of amides is 2. The summed E-state index contributed by atoms with van der Waals surface area (Å²) in [5.74, 6) is -2.00. The highest BCUT2D eigenvalue weighted by Gasteiger charge is 2.60. The third-order valence-electron chi connectivity index (χ3n) is 5.86. The maximum atomic E-state index is 12.8. The fourth-order valence-corrected chi connectivity index (χ4v) is 3.64. The lowest BCUT2D eigenvalue weighted by atomic mass is 9.91. The minimum absolute atomic E-state index is 0.0354. The van der Waals surface area contributed by atoms with Gasteiger partial charge >= 0.3 is 0 Å². The molecule has 198 valence electrons. The van der Waals surface area contributed by atoms with Gasteiger partial charge in [0.2, 0.25) is 17.9 Å². The van der Waals surface area contributed by atoms with E-state index in [-0.39, 0.29) is 19.4 Å². The number of nitrogens with one attached hydrogen (secondary N) is 1. The first-order valence-corrected chi connectivity index (χ1v) is 11.2. The summed E-state index contributed by atoms with van der Waals surface area (Å²) in [5.41, 5.74) is -0.460. The summed E-state index contributed by atoms with van der Waals surface area (Å²) >= 11 is 0. The number of aliphatic hydroxyl groups excluding tert-OH is 6. The minimum Gasteiger partial charge on any atom is -0.394 e. The van der Waals surface area contributed by atoms with Crippen molar-refractivity contribution in [3.8, 4) is 0 Å². The summed E-state index contributed by atoms with van der Waals surface area (Å²) in [6.45, 7) is 1.95. The van der Waals surface area contributed by atoms with E-state index >= 15 is 0 Å². The van der Waals surface area contributed by atoms with Crippen LogP contribution in [0, 0.1) is 0 Å². The second-order valence-corrected chi connectivity index (χ2v) is 8.22. The Labute approximate surface area is 202 Å². The molecule has 1 aliphatic heterocycles. The number of rotatable bonds is 11. The first-order valence-electron chi connectivity index (χ1n) is 11.2. The molecule has 1 saturated heterocycles. The lowest BCUT2D eigenvalue weighted by Crippen LogP contribution is -2.75. The molecule has 8 N–H and O–H groups in total. The van der Waals surface area contributed by atoms with Crippen molar-refractivity contribution >= 4 is 11.8 Å². The fraction of sp³-hybridized carbons (Fsp3) is 0.636. The fourth-order valence-electron chi connectivity index (χ4n) is 3.64. The van der Waals surface area contributed by atoms with Gasteiger partial charge in [0.15, 0.2) is 6.10 Å². The van der Waals surface area contributed by atoms with E-state index < -0.39 is 67.1 Å². The molecule has 1 heterocycles. The zero-order valence-corrected chi connectivity index (χ0v) is 19.5. The molecule has 1 aromatic rings. The molecule has 0 bridgehead atoms. The highest BCUT2D eigenvalue weighted by Crippen LogP contribution is 2.35. The second kappa shape index (κ2) is 12.7. The van der Waals surface area contributed by atoms with Crippen LogP contribution >= 0.6 is 0 Å². The van der Waals surface area contributed by atoms with Crippen LogP contribution in [0.25, 0.3) is 0 Å². The van der Waals surface area contributed by atoms with Crippen LogP contribution in [-0.4, -0.2) is 108 Å². The van der Waals surface area contributed by atoms with E-state index in [0.717, 1.165) is 4.90 Å². The van der Waals surface area contributed by atoms with Gasteiger partial charge in [0.25, 0.3) is 5.91 Å². The van der Waals surface area contributed by atoms with Gasteiger partial charge in [-0.3, -0.25) is 9.59 Å². The van der Waals surface area contributed by atoms with Crippen molar-refractivity contribution in [2.45, 2.75) is 81.9 Å². The van der Waals surface area contributed by atoms with E-state index in [9.17, 15) is 45.3 Å². The van der Waals surface area contributed by atoms with Crippen molar-refractivity contribution < 1.29 is 54.9 Å². The molecule has 8 atom stereocenters. The lowest BCUT2D eigenvalue weighted by Gasteiger charge is -2.51. The summed E-state index contributed by atoms with van der Waals surface area (Å²) in [6, 6.07) is 8.40. The first-order chi connectivity index (χ1) is 16.5. The van der Waals surface area contributed by atoms with Crippen molar-refractivity contribution in [3.05, 3.63) is 35.9 Å².